The lowest BCUT2D eigenvalue weighted by atomic mass is 9.99. The highest BCUT2D eigenvalue weighted by Gasteiger charge is 2.45. The van der Waals surface area contributed by atoms with E-state index >= 15 is 0 Å². The number of rotatable bonds is 7. The van der Waals surface area contributed by atoms with E-state index in [-0.39, 0.29) is 32.7 Å². The fraction of sp³-hybridized carbons (Fsp3) is 1.00. The Morgan fingerprint density at radius 3 is 2.13 bits per heavy atom. The fourth-order valence-corrected chi connectivity index (χ4v) is 3.81. The van der Waals surface area contributed by atoms with E-state index in [1.807, 2.05) is 0 Å². The zero-order valence-corrected chi connectivity index (χ0v) is 16.8. The van der Waals surface area contributed by atoms with Crippen LogP contribution in [-0.4, -0.2) is 141 Å². The van der Waals surface area contributed by atoms with E-state index in [4.69, 9.17) is 23.7 Å². The number of hydrogen-bond acceptors (Lipinski definition) is 13. The molecule has 3 aliphatic heterocycles. The van der Waals surface area contributed by atoms with Crippen LogP contribution in [0.3, 0.4) is 0 Å². The first-order chi connectivity index (χ1) is 14.7. The summed E-state index contributed by atoms with van der Waals surface area (Å²) in [6.07, 6.45) is -13.9. The molecule has 0 unspecified atom stereocenters. The highest BCUT2D eigenvalue weighted by Crippen LogP contribution is 2.27. The molecule has 0 aliphatic carbocycles. The van der Waals surface area contributed by atoms with E-state index in [0.717, 1.165) is 0 Å². The van der Waals surface area contributed by atoms with E-state index in [0.29, 0.717) is 0 Å². The molecule has 12 atom stereocenters. The predicted octanol–water partition coefficient (Wildman–Crippen LogP) is -4.83. The van der Waals surface area contributed by atoms with Gasteiger partial charge in [0.1, 0.15) is 36.6 Å². The Labute approximate surface area is 178 Å². The molecular weight excluding hydrogens is 424 g/mol. The normalized spacial score (nSPS) is 49.2. The first kappa shape index (κ1) is 25.1. The molecule has 13 nitrogen and oxygen atoms in total. The van der Waals surface area contributed by atoms with Crippen molar-refractivity contribution in [1.82, 2.24) is 0 Å². The fourth-order valence-electron chi connectivity index (χ4n) is 3.81. The van der Waals surface area contributed by atoms with Crippen LogP contribution in [0, 0.1) is 0 Å². The van der Waals surface area contributed by atoms with Gasteiger partial charge >= 0.3 is 0 Å². The molecule has 3 saturated heterocycles. The lowest BCUT2D eigenvalue weighted by Crippen LogP contribution is -2.59. The smallest absolute Gasteiger partial charge is 0.186 e. The minimum atomic E-state index is -1.57. The maximum absolute atomic E-state index is 10.2. The number of aliphatic hydroxyl groups excluding tert-OH is 8. The van der Waals surface area contributed by atoms with Gasteiger partial charge in [-0.15, -0.1) is 0 Å². The number of aliphatic hydroxyl groups is 8. The van der Waals surface area contributed by atoms with Gasteiger partial charge in [0.2, 0.25) is 0 Å². The van der Waals surface area contributed by atoms with Gasteiger partial charge in [0.05, 0.1) is 50.8 Å². The second-order valence-electron chi connectivity index (χ2n) is 8.07. The maximum atomic E-state index is 10.2. The SMILES string of the molecule is OC[C@@H]1C[C@H](O)[C@H](O)[C@@H](O[C@H]2C[C@@H](CO[C@H]3O[C@H](CO)[C@@H](O)[C@H](O)[C@@H]3O)OC[C@H]2O)O1. The lowest BCUT2D eigenvalue weighted by molar-refractivity contribution is -0.315. The second-order valence-corrected chi connectivity index (χ2v) is 8.07. The minimum absolute atomic E-state index is 0.0451. The van der Waals surface area contributed by atoms with Crippen molar-refractivity contribution in [2.45, 2.75) is 86.5 Å². The number of ether oxygens (including phenoxy) is 5. The lowest BCUT2D eigenvalue weighted by Gasteiger charge is -2.42. The molecule has 0 saturated carbocycles. The van der Waals surface area contributed by atoms with Gasteiger partial charge in [-0.3, -0.25) is 0 Å². The van der Waals surface area contributed by atoms with Crippen molar-refractivity contribution in [1.29, 1.82) is 0 Å². The van der Waals surface area contributed by atoms with Crippen molar-refractivity contribution in [2.75, 3.05) is 26.4 Å². The second kappa shape index (κ2) is 11.1. The molecule has 0 radical (unpaired) electrons. The summed E-state index contributed by atoms with van der Waals surface area (Å²) in [6.45, 7) is -1.21. The van der Waals surface area contributed by atoms with Crippen LogP contribution in [0.2, 0.25) is 0 Å². The Kier molecular flexibility index (Phi) is 8.97. The average Bonchev–Trinajstić information content (AvgIpc) is 2.76. The summed E-state index contributed by atoms with van der Waals surface area (Å²) in [7, 11) is 0. The van der Waals surface area contributed by atoms with Crippen molar-refractivity contribution in [3.05, 3.63) is 0 Å². The van der Waals surface area contributed by atoms with Crippen molar-refractivity contribution < 1.29 is 64.5 Å². The molecule has 0 bridgehead atoms. The molecule has 0 aromatic rings. The predicted molar refractivity (Wildman–Crippen MR) is 97.3 cm³/mol. The Morgan fingerprint density at radius 2 is 1.45 bits per heavy atom. The van der Waals surface area contributed by atoms with Crippen molar-refractivity contribution in [3.63, 3.8) is 0 Å². The Bertz CT molecular complexity index is 551. The van der Waals surface area contributed by atoms with E-state index in [9.17, 15) is 40.9 Å². The van der Waals surface area contributed by atoms with Gasteiger partial charge in [0, 0.05) is 12.8 Å². The van der Waals surface area contributed by atoms with Crippen molar-refractivity contribution in [2.24, 2.45) is 0 Å². The molecule has 0 aromatic heterocycles. The monoisotopic (exact) mass is 456 g/mol. The van der Waals surface area contributed by atoms with E-state index < -0.39 is 80.2 Å². The van der Waals surface area contributed by atoms with Crippen LogP contribution >= 0.6 is 0 Å². The molecular formula is C18H32O13. The van der Waals surface area contributed by atoms with Crippen molar-refractivity contribution >= 4 is 0 Å². The summed E-state index contributed by atoms with van der Waals surface area (Å²) in [5, 5.41) is 78.3. The average molecular weight is 456 g/mol. The quantitative estimate of drug-likeness (QED) is 0.181. The van der Waals surface area contributed by atoms with E-state index in [1.54, 1.807) is 0 Å². The van der Waals surface area contributed by atoms with E-state index in [2.05, 4.69) is 0 Å². The third-order valence-electron chi connectivity index (χ3n) is 5.74. The van der Waals surface area contributed by atoms with Crippen LogP contribution in [0.5, 0.6) is 0 Å². The van der Waals surface area contributed by atoms with Crippen LogP contribution < -0.4 is 0 Å². The summed E-state index contributed by atoms with van der Waals surface area (Å²) in [5.74, 6) is 0. The highest BCUT2D eigenvalue weighted by molar-refractivity contribution is 4.89. The van der Waals surface area contributed by atoms with Crippen LogP contribution in [0.4, 0.5) is 0 Å². The summed E-state index contributed by atoms with van der Waals surface area (Å²) >= 11 is 0. The number of hydrogen-bond donors (Lipinski definition) is 8. The third-order valence-corrected chi connectivity index (χ3v) is 5.74. The highest BCUT2D eigenvalue weighted by atomic mass is 16.7. The summed E-state index contributed by atoms with van der Waals surface area (Å²) < 4.78 is 27.3. The minimum Gasteiger partial charge on any atom is -0.394 e. The van der Waals surface area contributed by atoms with Gasteiger partial charge in [0.15, 0.2) is 12.6 Å². The molecule has 8 N–H and O–H groups in total. The maximum Gasteiger partial charge on any atom is 0.186 e. The van der Waals surface area contributed by atoms with Crippen LogP contribution in [0.15, 0.2) is 0 Å². The van der Waals surface area contributed by atoms with Gasteiger partial charge in [0.25, 0.3) is 0 Å². The van der Waals surface area contributed by atoms with Gasteiger partial charge < -0.3 is 64.5 Å². The molecule has 3 rings (SSSR count). The molecule has 0 spiro atoms. The van der Waals surface area contributed by atoms with Gasteiger partial charge in [-0.1, -0.05) is 0 Å². The zero-order valence-electron chi connectivity index (χ0n) is 16.8. The summed E-state index contributed by atoms with van der Waals surface area (Å²) in [5.41, 5.74) is 0. The standard InChI is InChI=1S/C18H32O13/c19-3-7-1-9(21)13(23)18(29-7)30-11-2-8(27-6-10(11)22)5-28-17-16(26)15(25)14(24)12(4-20)31-17/h7-26H,1-6H2/t7-,8-,9-,10+,11-,12+,13-,14+,15-,16-,17-,18+/m0/s1. The summed E-state index contributed by atoms with van der Waals surface area (Å²) in [6, 6.07) is 0. The summed E-state index contributed by atoms with van der Waals surface area (Å²) in [4.78, 5) is 0. The molecule has 31 heavy (non-hydrogen) atoms. The Balaban J connectivity index is 1.53. The van der Waals surface area contributed by atoms with Crippen molar-refractivity contribution in [3.8, 4) is 0 Å². The molecule has 0 aromatic carbocycles. The largest absolute Gasteiger partial charge is 0.394 e. The van der Waals surface area contributed by atoms with Crippen LogP contribution in [0.25, 0.3) is 0 Å². The zero-order chi connectivity index (χ0) is 22.7. The first-order valence-corrected chi connectivity index (χ1v) is 10.2. The molecule has 3 heterocycles. The van der Waals surface area contributed by atoms with Gasteiger partial charge in [-0.05, 0) is 0 Å². The van der Waals surface area contributed by atoms with Gasteiger partial charge in [-0.2, -0.15) is 0 Å². The topological polar surface area (TPSA) is 208 Å². The van der Waals surface area contributed by atoms with Crippen LogP contribution in [0.1, 0.15) is 12.8 Å². The Hall–Kier alpha value is -0.520. The molecule has 182 valence electrons. The molecule has 3 fully saturated rings. The van der Waals surface area contributed by atoms with E-state index in [1.165, 1.54) is 0 Å². The molecule has 3 aliphatic rings. The van der Waals surface area contributed by atoms with Gasteiger partial charge in [-0.25, -0.2) is 0 Å². The van der Waals surface area contributed by atoms with Crippen LogP contribution in [-0.2, 0) is 23.7 Å². The Morgan fingerprint density at radius 1 is 0.710 bits per heavy atom. The first-order valence-electron chi connectivity index (χ1n) is 10.2. The molecule has 0 amide bonds. The molecule has 13 heteroatoms. The third kappa shape index (κ3) is 5.89.